The number of quaternary nitrogens is 1. The summed E-state index contributed by atoms with van der Waals surface area (Å²) >= 11 is 0. The normalized spacial score (nSPS) is 14.3. The van der Waals surface area contributed by atoms with Gasteiger partial charge in [-0.3, -0.25) is 0 Å². The van der Waals surface area contributed by atoms with E-state index in [2.05, 4.69) is 19.1 Å². The number of hydrogen-bond donors (Lipinski definition) is 1. The van der Waals surface area contributed by atoms with Gasteiger partial charge in [0.15, 0.2) is 0 Å². The highest BCUT2D eigenvalue weighted by molar-refractivity contribution is 5.75. The third-order valence-electron chi connectivity index (χ3n) is 6.56. The van der Waals surface area contributed by atoms with Crippen molar-refractivity contribution in [2.75, 3.05) is 27.7 Å². The van der Waals surface area contributed by atoms with Crippen molar-refractivity contribution in [2.24, 2.45) is 5.73 Å². The molecule has 0 aliphatic rings. The van der Waals surface area contributed by atoms with E-state index in [0.717, 1.165) is 19.3 Å². The quantitative estimate of drug-likeness (QED) is 0.153. The largest absolute Gasteiger partial charge is 0.544 e. The molecule has 30 heavy (non-hydrogen) atoms. The second-order valence-electron chi connectivity index (χ2n) is 9.91. The third-order valence-corrected chi connectivity index (χ3v) is 6.56. The molecule has 0 bridgehead atoms. The van der Waals surface area contributed by atoms with Crippen LogP contribution in [0.4, 0.5) is 0 Å². The van der Waals surface area contributed by atoms with E-state index < -0.39 is 11.5 Å². The monoisotopic (exact) mass is 424 g/mol. The maximum atomic E-state index is 12.0. The van der Waals surface area contributed by atoms with Gasteiger partial charge in [0, 0.05) is 12.8 Å². The van der Waals surface area contributed by atoms with Gasteiger partial charge in [0.25, 0.3) is 0 Å². The first kappa shape index (κ1) is 29.1. The van der Waals surface area contributed by atoms with E-state index in [1.807, 2.05) is 21.1 Å². The molecule has 0 heterocycles. The van der Waals surface area contributed by atoms with Gasteiger partial charge >= 0.3 is 0 Å². The molecule has 0 radical (unpaired) electrons. The number of likely N-dealkylation sites (N-methyl/N-ethyl adjacent to an activating group) is 1. The minimum absolute atomic E-state index is 0.403. The van der Waals surface area contributed by atoms with Gasteiger partial charge in [-0.15, -0.1) is 0 Å². The first-order valence-corrected chi connectivity index (χ1v) is 12.7. The highest BCUT2D eigenvalue weighted by atomic mass is 16.4. The summed E-state index contributed by atoms with van der Waals surface area (Å²) in [6, 6.07) is 0. The lowest BCUT2D eigenvalue weighted by Gasteiger charge is -2.47. The second kappa shape index (κ2) is 17.8. The van der Waals surface area contributed by atoms with Crippen LogP contribution in [0.5, 0.6) is 0 Å². The molecule has 0 amide bonds. The Morgan fingerprint density at radius 1 is 0.767 bits per heavy atom. The number of allylic oxidation sites excluding steroid dienone is 2. The van der Waals surface area contributed by atoms with Gasteiger partial charge in [-0.05, 0) is 45.1 Å². The van der Waals surface area contributed by atoms with E-state index in [9.17, 15) is 9.90 Å². The fraction of sp³-hybridized carbons (Fsp3) is 0.885. The summed E-state index contributed by atoms with van der Waals surface area (Å²) in [6.45, 7) is 2.80. The Labute approximate surface area is 187 Å². The minimum Gasteiger partial charge on any atom is -0.544 e. The fourth-order valence-corrected chi connectivity index (χ4v) is 4.33. The highest BCUT2D eigenvalue weighted by Crippen LogP contribution is 2.30. The average Bonchev–Trinajstić information content (AvgIpc) is 2.68. The summed E-state index contributed by atoms with van der Waals surface area (Å²) in [7, 11) is 5.89. The third kappa shape index (κ3) is 12.7. The van der Waals surface area contributed by atoms with E-state index in [4.69, 9.17) is 5.73 Å². The molecule has 4 heteroatoms. The van der Waals surface area contributed by atoms with Gasteiger partial charge in [-0.2, -0.15) is 0 Å². The number of nitrogens with zero attached hydrogens (tertiary/aromatic N) is 1. The SMILES string of the molecule is CCCCCCCC/C=C\CCCCCCCCC(CCCN)(C(=O)[O-])[N+](C)(C)C. The van der Waals surface area contributed by atoms with Crippen LogP contribution in [0.1, 0.15) is 116 Å². The molecule has 178 valence electrons. The van der Waals surface area contributed by atoms with E-state index >= 15 is 0 Å². The second-order valence-corrected chi connectivity index (χ2v) is 9.91. The van der Waals surface area contributed by atoms with E-state index in [-0.39, 0.29) is 0 Å². The molecular weight excluding hydrogens is 372 g/mol. The van der Waals surface area contributed by atoms with Crippen LogP contribution in [0.15, 0.2) is 12.2 Å². The number of carbonyl (C=O) groups is 1. The summed E-state index contributed by atoms with van der Waals surface area (Å²) in [6.07, 6.45) is 24.4. The van der Waals surface area contributed by atoms with Crippen LogP contribution < -0.4 is 10.8 Å². The molecule has 0 aliphatic carbocycles. The van der Waals surface area contributed by atoms with Gasteiger partial charge in [0.05, 0.1) is 21.1 Å². The Kier molecular flexibility index (Phi) is 17.3. The van der Waals surface area contributed by atoms with Gasteiger partial charge < -0.3 is 20.1 Å². The summed E-state index contributed by atoms with van der Waals surface area (Å²) in [5.74, 6) is -0.920. The van der Waals surface area contributed by atoms with E-state index in [1.165, 1.54) is 77.0 Å². The Balaban J connectivity index is 3.84. The predicted molar refractivity (Wildman–Crippen MR) is 128 cm³/mol. The summed E-state index contributed by atoms with van der Waals surface area (Å²) in [5, 5.41) is 12.0. The smallest absolute Gasteiger partial charge is 0.139 e. The molecule has 4 nitrogen and oxygen atoms in total. The lowest BCUT2D eigenvalue weighted by Crippen LogP contribution is -2.66. The van der Waals surface area contributed by atoms with Crippen molar-refractivity contribution >= 4 is 5.97 Å². The lowest BCUT2D eigenvalue weighted by atomic mass is 9.84. The molecule has 1 atom stereocenters. The van der Waals surface area contributed by atoms with Crippen molar-refractivity contribution in [1.82, 2.24) is 0 Å². The first-order valence-electron chi connectivity index (χ1n) is 12.7. The topological polar surface area (TPSA) is 66.2 Å². The molecule has 1 unspecified atom stereocenters. The number of carbonyl (C=O) groups excluding carboxylic acids is 1. The van der Waals surface area contributed by atoms with Crippen molar-refractivity contribution in [3.63, 3.8) is 0 Å². The maximum absolute atomic E-state index is 12.0. The molecule has 0 fully saturated rings. The number of unbranched alkanes of at least 4 members (excludes halogenated alkanes) is 12. The van der Waals surface area contributed by atoms with Crippen molar-refractivity contribution < 1.29 is 14.4 Å². The molecular formula is C26H52N2O2. The van der Waals surface area contributed by atoms with Crippen LogP contribution in [0.25, 0.3) is 0 Å². The van der Waals surface area contributed by atoms with Gasteiger partial charge in [0.2, 0.25) is 0 Å². The van der Waals surface area contributed by atoms with Crippen LogP contribution in [-0.4, -0.2) is 43.7 Å². The zero-order valence-corrected chi connectivity index (χ0v) is 20.7. The number of rotatable bonds is 21. The van der Waals surface area contributed by atoms with Crippen molar-refractivity contribution in [2.45, 2.75) is 122 Å². The summed E-state index contributed by atoms with van der Waals surface area (Å²) < 4.78 is 0.403. The van der Waals surface area contributed by atoms with Crippen LogP contribution in [-0.2, 0) is 4.79 Å². The molecule has 0 aromatic heterocycles. The summed E-state index contributed by atoms with van der Waals surface area (Å²) in [4.78, 5) is 12.0. The van der Waals surface area contributed by atoms with Crippen molar-refractivity contribution in [3.05, 3.63) is 12.2 Å². The van der Waals surface area contributed by atoms with Crippen molar-refractivity contribution in [3.8, 4) is 0 Å². The number of carboxylic acid groups (broad SMARTS) is 1. The Bertz CT molecular complexity index is 443. The molecule has 0 aromatic rings. The molecule has 2 N–H and O–H groups in total. The molecule has 0 spiro atoms. The summed E-state index contributed by atoms with van der Waals surface area (Å²) in [5.41, 5.74) is 4.83. The predicted octanol–water partition coefficient (Wildman–Crippen LogP) is 5.35. The van der Waals surface area contributed by atoms with Crippen molar-refractivity contribution in [1.29, 1.82) is 0 Å². The Hall–Kier alpha value is -0.870. The van der Waals surface area contributed by atoms with Crippen LogP contribution in [0, 0.1) is 0 Å². The molecule has 0 aliphatic heterocycles. The molecule has 0 aromatic carbocycles. The van der Waals surface area contributed by atoms with E-state index in [1.54, 1.807) is 0 Å². The first-order chi connectivity index (χ1) is 14.3. The zero-order valence-electron chi connectivity index (χ0n) is 20.7. The van der Waals surface area contributed by atoms with Gasteiger partial charge in [0.1, 0.15) is 11.5 Å². The number of nitrogens with two attached hydrogens (primary N) is 1. The van der Waals surface area contributed by atoms with Gasteiger partial charge in [-0.1, -0.05) is 76.9 Å². The lowest BCUT2D eigenvalue weighted by molar-refractivity contribution is -0.917. The number of carboxylic acids is 1. The van der Waals surface area contributed by atoms with Crippen LogP contribution >= 0.6 is 0 Å². The minimum atomic E-state index is -0.920. The van der Waals surface area contributed by atoms with Gasteiger partial charge in [-0.25, -0.2) is 0 Å². The van der Waals surface area contributed by atoms with Crippen LogP contribution in [0.3, 0.4) is 0 Å². The number of hydrogen-bond acceptors (Lipinski definition) is 3. The molecule has 0 saturated heterocycles. The fourth-order valence-electron chi connectivity index (χ4n) is 4.33. The van der Waals surface area contributed by atoms with E-state index in [0.29, 0.717) is 23.9 Å². The standard InChI is InChI=1S/C26H52N2O2/c1-5-6-7-8-9-10-11-12-13-14-15-16-17-18-19-20-22-26(25(29)30,23-21-24-27)28(2,3)4/h12-13H,5-11,14-24,27H2,1-4H3/b13-12-. The Morgan fingerprint density at radius 3 is 1.63 bits per heavy atom. The maximum Gasteiger partial charge on any atom is 0.139 e. The Morgan fingerprint density at radius 2 is 1.20 bits per heavy atom. The average molecular weight is 425 g/mol. The highest BCUT2D eigenvalue weighted by Gasteiger charge is 2.43. The molecule has 0 rings (SSSR count). The zero-order chi connectivity index (χ0) is 22.7. The molecule has 0 saturated carbocycles. The van der Waals surface area contributed by atoms with Crippen LogP contribution in [0.2, 0.25) is 0 Å². The number of aliphatic carboxylic acids is 1.